The first-order valence-corrected chi connectivity index (χ1v) is 4.78. The number of hydrogen-bond acceptors (Lipinski definition) is 3. The van der Waals surface area contributed by atoms with Crippen LogP contribution in [0, 0.1) is 0 Å². The summed E-state index contributed by atoms with van der Waals surface area (Å²) in [5.41, 5.74) is 5.47. The lowest BCUT2D eigenvalue weighted by Gasteiger charge is -2.17. The molecule has 1 aromatic rings. The van der Waals surface area contributed by atoms with Gasteiger partial charge in [0.1, 0.15) is 10.7 Å². The molecule has 2 N–H and O–H groups in total. The van der Waals surface area contributed by atoms with Gasteiger partial charge in [-0.05, 0) is 6.07 Å². The Balaban J connectivity index is 2.79. The van der Waals surface area contributed by atoms with Crippen molar-refractivity contribution in [3.63, 3.8) is 0 Å². The van der Waals surface area contributed by atoms with Crippen molar-refractivity contribution < 1.29 is 22.3 Å². The molecule has 0 radical (unpaired) electrons. The Hall–Kier alpha value is -1.44. The van der Waals surface area contributed by atoms with Crippen LogP contribution in [0.15, 0.2) is 18.5 Å². The van der Waals surface area contributed by atoms with E-state index in [9.17, 15) is 17.6 Å². The molecular weight excluding hydrogens is 260 g/mol. The summed E-state index contributed by atoms with van der Waals surface area (Å²) in [5.74, 6) is -4.39. The fourth-order valence-corrected chi connectivity index (χ4v) is 1.10. The maximum absolute atomic E-state index is 12.6. The van der Waals surface area contributed by atoms with Gasteiger partial charge >= 0.3 is 12.3 Å². The molecule has 0 saturated heterocycles. The molecule has 0 atom stereocenters. The van der Waals surface area contributed by atoms with E-state index in [4.69, 9.17) is 5.73 Å². The topological polar surface area (TPSA) is 48.1 Å². The average Bonchev–Trinajstić information content (AvgIpc) is 2.26. The number of thiocarbonyl (C=S) groups is 1. The van der Waals surface area contributed by atoms with Crippen LogP contribution < -0.4 is 10.5 Å². The Bertz CT molecular complexity index is 414. The highest BCUT2D eigenvalue weighted by atomic mass is 32.1. The van der Waals surface area contributed by atoms with Gasteiger partial charge in [0.2, 0.25) is 0 Å². The number of ether oxygens (including phenoxy) is 1. The van der Waals surface area contributed by atoms with Crippen LogP contribution in [0.4, 0.5) is 17.6 Å². The first kappa shape index (κ1) is 13.6. The van der Waals surface area contributed by atoms with Crippen molar-refractivity contribution in [2.75, 3.05) is 6.61 Å². The van der Waals surface area contributed by atoms with E-state index in [2.05, 4.69) is 21.9 Å². The van der Waals surface area contributed by atoms with E-state index in [0.29, 0.717) is 0 Å². The quantitative estimate of drug-likeness (QED) is 0.655. The van der Waals surface area contributed by atoms with Gasteiger partial charge in [0.15, 0.2) is 6.61 Å². The average molecular weight is 268 g/mol. The van der Waals surface area contributed by atoms with Crippen LogP contribution in [0.25, 0.3) is 0 Å². The molecule has 1 heterocycles. The molecule has 0 spiro atoms. The van der Waals surface area contributed by atoms with Gasteiger partial charge in [-0.15, -0.1) is 0 Å². The normalized spacial score (nSPS) is 11.6. The van der Waals surface area contributed by atoms with Crippen molar-refractivity contribution >= 4 is 17.2 Å². The van der Waals surface area contributed by atoms with Gasteiger partial charge in [0.25, 0.3) is 0 Å². The molecule has 0 bridgehead atoms. The lowest BCUT2D eigenvalue weighted by atomic mass is 10.2. The van der Waals surface area contributed by atoms with Crippen molar-refractivity contribution in [1.82, 2.24) is 4.98 Å². The third-order valence-corrected chi connectivity index (χ3v) is 2.01. The van der Waals surface area contributed by atoms with Crippen LogP contribution in [-0.4, -0.2) is 28.9 Å². The Kier molecular flexibility index (Phi) is 4.22. The molecule has 17 heavy (non-hydrogen) atoms. The number of nitrogens with two attached hydrogens (primary N) is 1. The predicted octanol–water partition coefficient (Wildman–Crippen LogP) is 1.99. The minimum Gasteiger partial charge on any atom is -0.485 e. The van der Waals surface area contributed by atoms with E-state index in [1.807, 2.05) is 0 Å². The second-order valence-corrected chi connectivity index (χ2v) is 3.53. The van der Waals surface area contributed by atoms with Gasteiger partial charge in [-0.3, -0.25) is 4.98 Å². The Morgan fingerprint density at radius 3 is 2.71 bits per heavy atom. The van der Waals surface area contributed by atoms with Crippen LogP contribution in [0.3, 0.4) is 0 Å². The highest BCUT2D eigenvalue weighted by Crippen LogP contribution is 2.25. The zero-order chi connectivity index (χ0) is 13.1. The summed E-state index contributed by atoms with van der Waals surface area (Å²) in [5, 5.41) is 0. The van der Waals surface area contributed by atoms with Gasteiger partial charge in [0, 0.05) is 6.20 Å². The van der Waals surface area contributed by atoms with E-state index in [0.717, 1.165) is 6.20 Å². The van der Waals surface area contributed by atoms with Gasteiger partial charge in [0.05, 0.1) is 11.8 Å². The van der Waals surface area contributed by atoms with E-state index < -0.39 is 19.0 Å². The number of hydrogen-bond donors (Lipinski definition) is 1. The molecule has 1 rings (SSSR count). The minimum atomic E-state index is -4.23. The number of alkyl halides is 4. The third kappa shape index (κ3) is 3.52. The molecule has 1 aromatic heterocycles. The zero-order valence-electron chi connectivity index (χ0n) is 8.37. The van der Waals surface area contributed by atoms with E-state index >= 15 is 0 Å². The van der Waals surface area contributed by atoms with Crippen molar-refractivity contribution in [3.05, 3.63) is 24.0 Å². The van der Waals surface area contributed by atoms with E-state index in [1.54, 1.807) is 0 Å². The smallest absolute Gasteiger partial charge is 0.340 e. The molecule has 0 aliphatic carbocycles. The van der Waals surface area contributed by atoms with Gasteiger partial charge in [-0.2, -0.15) is 8.78 Å². The number of rotatable bonds is 5. The minimum absolute atomic E-state index is 0.0947. The molecule has 3 nitrogen and oxygen atoms in total. The van der Waals surface area contributed by atoms with E-state index in [-0.39, 0.29) is 16.3 Å². The SMILES string of the molecule is NC(=S)c1ccncc1OCC(F)(F)C(F)F. The van der Waals surface area contributed by atoms with Crippen LogP contribution in [0.5, 0.6) is 5.75 Å². The first-order chi connectivity index (χ1) is 7.84. The Labute approximate surface area is 99.6 Å². The van der Waals surface area contributed by atoms with Crippen LogP contribution in [0.1, 0.15) is 5.56 Å². The lowest BCUT2D eigenvalue weighted by molar-refractivity contribution is -0.148. The summed E-state index contributed by atoms with van der Waals surface area (Å²) in [7, 11) is 0. The Morgan fingerprint density at radius 1 is 1.53 bits per heavy atom. The molecule has 0 unspecified atom stereocenters. The number of pyridine rings is 1. The summed E-state index contributed by atoms with van der Waals surface area (Å²) in [6.07, 6.45) is -1.39. The molecule has 0 saturated carbocycles. The van der Waals surface area contributed by atoms with Crippen molar-refractivity contribution in [3.8, 4) is 5.75 Å². The lowest BCUT2D eigenvalue weighted by Crippen LogP contribution is -2.34. The highest BCUT2D eigenvalue weighted by Gasteiger charge is 2.41. The third-order valence-electron chi connectivity index (χ3n) is 1.79. The van der Waals surface area contributed by atoms with Crippen LogP contribution in [0.2, 0.25) is 0 Å². The molecule has 94 valence electrons. The molecule has 0 aliphatic rings. The fraction of sp³-hybridized carbons (Fsp3) is 0.333. The van der Waals surface area contributed by atoms with Gasteiger partial charge < -0.3 is 10.5 Å². The van der Waals surface area contributed by atoms with Crippen LogP contribution in [-0.2, 0) is 0 Å². The van der Waals surface area contributed by atoms with Crippen molar-refractivity contribution in [2.24, 2.45) is 5.73 Å². The summed E-state index contributed by atoms with van der Waals surface area (Å²) >= 11 is 4.64. The highest BCUT2D eigenvalue weighted by molar-refractivity contribution is 7.80. The summed E-state index contributed by atoms with van der Waals surface area (Å²) in [6.45, 7) is -1.47. The van der Waals surface area contributed by atoms with Gasteiger partial charge in [-0.25, -0.2) is 8.78 Å². The van der Waals surface area contributed by atoms with Gasteiger partial charge in [-0.1, -0.05) is 12.2 Å². The molecule has 0 aromatic carbocycles. The number of halogens is 4. The standard InChI is InChI=1S/C9H8F4N2OS/c10-8(11)9(12,13)4-16-6-3-15-2-1-5(6)7(14)17/h1-3,8H,4H2,(H2,14,17). The monoisotopic (exact) mass is 268 g/mol. The summed E-state index contributed by atoms with van der Waals surface area (Å²) in [4.78, 5) is 3.51. The van der Waals surface area contributed by atoms with Crippen molar-refractivity contribution in [1.29, 1.82) is 0 Å². The molecule has 0 aliphatic heterocycles. The largest absolute Gasteiger partial charge is 0.485 e. The van der Waals surface area contributed by atoms with E-state index in [1.165, 1.54) is 12.3 Å². The van der Waals surface area contributed by atoms with Crippen LogP contribution >= 0.6 is 12.2 Å². The van der Waals surface area contributed by atoms with Crippen molar-refractivity contribution in [2.45, 2.75) is 12.3 Å². The second-order valence-electron chi connectivity index (χ2n) is 3.09. The zero-order valence-corrected chi connectivity index (χ0v) is 9.19. The second kappa shape index (κ2) is 5.26. The Morgan fingerprint density at radius 2 is 2.18 bits per heavy atom. The predicted molar refractivity (Wildman–Crippen MR) is 56.6 cm³/mol. The molecule has 0 amide bonds. The molecule has 0 fully saturated rings. The fourth-order valence-electron chi connectivity index (χ4n) is 0.936. The maximum Gasteiger partial charge on any atom is 0.340 e. The number of aromatic nitrogens is 1. The molecular formula is C9H8F4N2OS. The maximum atomic E-state index is 12.6. The summed E-state index contributed by atoms with van der Waals surface area (Å²) in [6, 6.07) is 1.35. The summed E-state index contributed by atoms with van der Waals surface area (Å²) < 4.78 is 53.5. The molecule has 8 heteroatoms. The number of nitrogens with zero attached hydrogens (tertiary/aromatic N) is 1. The first-order valence-electron chi connectivity index (χ1n) is 4.37.